The van der Waals surface area contributed by atoms with Gasteiger partial charge in [0.2, 0.25) is 0 Å². The fourth-order valence-corrected chi connectivity index (χ4v) is 2.39. The van der Waals surface area contributed by atoms with Crippen LogP contribution < -0.4 is 5.32 Å². The van der Waals surface area contributed by atoms with Crippen molar-refractivity contribution in [2.24, 2.45) is 0 Å². The average molecular weight is 263 g/mol. The molecule has 0 amide bonds. The third-order valence-electron chi connectivity index (χ3n) is 4.10. The number of benzene rings is 1. The van der Waals surface area contributed by atoms with Crippen LogP contribution in [0.4, 0.5) is 0 Å². The van der Waals surface area contributed by atoms with Gasteiger partial charge in [0.1, 0.15) is 0 Å². The number of hydrogen-bond acceptors (Lipinski definition) is 2. The van der Waals surface area contributed by atoms with Crippen LogP contribution in [0.2, 0.25) is 0 Å². The van der Waals surface area contributed by atoms with Crippen LogP contribution in [0.5, 0.6) is 0 Å². The molecule has 1 rings (SSSR count). The molecule has 0 spiro atoms. The van der Waals surface area contributed by atoms with Crippen LogP contribution >= 0.6 is 0 Å². The Morgan fingerprint density at radius 2 is 1.79 bits per heavy atom. The van der Waals surface area contributed by atoms with Crippen molar-refractivity contribution in [3.05, 3.63) is 35.4 Å². The lowest BCUT2D eigenvalue weighted by Crippen LogP contribution is -2.43. The van der Waals surface area contributed by atoms with Gasteiger partial charge in [-0.25, -0.2) is 0 Å². The molecule has 0 fully saturated rings. The predicted molar refractivity (Wildman–Crippen MR) is 82.6 cm³/mol. The van der Waals surface area contributed by atoms with Crippen molar-refractivity contribution in [3.63, 3.8) is 0 Å². The number of methoxy groups -OCH3 is 1. The average Bonchev–Trinajstić information content (AvgIpc) is 2.47. The predicted octanol–water partition coefficient (Wildman–Crippen LogP) is 4.10. The lowest BCUT2D eigenvalue weighted by Gasteiger charge is -2.37. The SMILES string of the molecule is CCCNC(c1ccc(CC)cc1)C(C)(CC)OC. The molecule has 2 heteroatoms. The molecule has 1 N–H and O–H groups in total. The number of hydrogen-bond donors (Lipinski definition) is 1. The zero-order valence-electron chi connectivity index (χ0n) is 13.1. The second kappa shape index (κ2) is 7.66. The molecule has 0 bridgehead atoms. The van der Waals surface area contributed by atoms with Gasteiger partial charge in [-0.05, 0) is 43.9 Å². The number of nitrogens with one attached hydrogen (secondary N) is 1. The van der Waals surface area contributed by atoms with Gasteiger partial charge in [0, 0.05) is 7.11 Å². The van der Waals surface area contributed by atoms with Crippen LogP contribution in [-0.4, -0.2) is 19.3 Å². The minimum atomic E-state index is -0.164. The van der Waals surface area contributed by atoms with E-state index < -0.39 is 0 Å². The molecule has 108 valence electrons. The van der Waals surface area contributed by atoms with E-state index in [-0.39, 0.29) is 11.6 Å². The highest BCUT2D eigenvalue weighted by Crippen LogP contribution is 2.31. The zero-order valence-corrected chi connectivity index (χ0v) is 13.1. The van der Waals surface area contributed by atoms with E-state index in [2.05, 4.69) is 57.3 Å². The quantitative estimate of drug-likeness (QED) is 0.762. The first-order valence-corrected chi connectivity index (χ1v) is 7.48. The maximum absolute atomic E-state index is 5.79. The van der Waals surface area contributed by atoms with Crippen molar-refractivity contribution in [2.45, 2.75) is 58.6 Å². The molecule has 2 nitrogen and oxygen atoms in total. The van der Waals surface area contributed by atoms with E-state index in [0.29, 0.717) is 0 Å². The molecule has 0 aliphatic heterocycles. The van der Waals surface area contributed by atoms with Crippen LogP contribution in [0.15, 0.2) is 24.3 Å². The molecule has 0 saturated carbocycles. The summed E-state index contributed by atoms with van der Waals surface area (Å²) in [5.41, 5.74) is 2.54. The van der Waals surface area contributed by atoms with Gasteiger partial charge in [-0.3, -0.25) is 0 Å². The van der Waals surface area contributed by atoms with Crippen LogP contribution in [0.25, 0.3) is 0 Å². The normalized spacial score (nSPS) is 16.1. The maximum Gasteiger partial charge on any atom is 0.0841 e. The van der Waals surface area contributed by atoms with Crippen molar-refractivity contribution in [1.29, 1.82) is 0 Å². The van der Waals surface area contributed by atoms with E-state index in [4.69, 9.17) is 4.74 Å². The lowest BCUT2D eigenvalue weighted by atomic mass is 9.87. The van der Waals surface area contributed by atoms with E-state index in [1.165, 1.54) is 11.1 Å². The molecule has 19 heavy (non-hydrogen) atoms. The Morgan fingerprint density at radius 1 is 1.16 bits per heavy atom. The second-order valence-electron chi connectivity index (χ2n) is 5.35. The summed E-state index contributed by atoms with van der Waals surface area (Å²) in [5.74, 6) is 0. The Kier molecular flexibility index (Phi) is 6.53. The molecule has 0 heterocycles. The van der Waals surface area contributed by atoms with Crippen LogP contribution in [0, 0.1) is 0 Å². The minimum absolute atomic E-state index is 0.164. The first kappa shape index (κ1) is 16.2. The molecule has 0 saturated heterocycles. The van der Waals surface area contributed by atoms with Gasteiger partial charge in [-0.15, -0.1) is 0 Å². The Hall–Kier alpha value is -0.860. The fraction of sp³-hybridized carbons (Fsp3) is 0.647. The van der Waals surface area contributed by atoms with Crippen LogP contribution in [0.3, 0.4) is 0 Å². The van der Waals surface area contributed by atoms with Crippen molar-refractivity contribution >= 4 is 0 Å². The topological polar surface area (TPSA) is 21.3 Å². The number of ether oxygens (including phenoxy) is 1. The second-order valence-corrected chi connectivity index (χ2v) is 5.35. The van der Waals surface area contributed by atoms with Crippen molar-refractivity contribution in [2.75, 3.05) is 13.7 Å². The molecule has 1 aromatic rings. The minimum Gasteiger partial charge on any atom is -0.377 e. The molecule has 2 unspecified atom stereocenters. The Morgan fingerprint density at radius 3 is 2.21 bits per heavy atom. The summed E-state index contributed by atoms with van der Waals surface area (Å²) in [4.78, 5) is 0. The molecule has 0 aromatic heterocycles. The van der Waals surface area contributed by atoms with Gasteiger partial charge in [0.25, 0.3) is 0 Å². The van der Waals surface area contributed by atoms with Crippen LogP contribution in [-0.2, 0) is 11.2 Å². The van der Waals surface area contributed by atoms with Gasteiger partial charge in [0.05, 0.1) is 11.6 Å². The third-order valence-corrected chi connectivity index (χ3v) is 4.10. The highest BCUT2D eigenvalue weighted by Gasteiger charge is 2.33. The first-order valence-electron chi connectivity index (χ1n) is 7.48. The smallest absolute Gasteiger partial charge is 0.0841 e. The van der Waals surface area contributed by atoms with Crippen molar-refractivity contribution in [1.82, 2.24) is 5.32 Å². The van der Waals surface area contributed by atoms with E-state index in [9.17, 15) is 0 Å². The van der Waals surface area contributed by atoms with Gasteiger partial charge in [0.15, 0.2) is 0 Å². The van der Waals surface area contributed by atoms with Gasteiger partial charge >= 0.3 is 0 Å². The third kappa shape index (κ3) is 4.05. The highest BCUT2D eigenvalue weighted by atomic mass is 16.5. The van der Waals surface area contributed by atoms with Crippen LogP contribution in [0.1, 0.15) is 57.7 Å². The number of aryl methyl sites for hydroxylation is 1. The Labute approximate surface area is 118 Å². The van der Waals surface area contributed by atoms with E-state index >= 15 is 0 Å². The summed E-state index contributed by atoms with van der Waals surface area (Å²) in [6, 6.07) is 9.16. The van der Waals surface area contributed by atoms with Crippen molar-refractivity contribution in [3.8, 4) is 0 Å². The zero-order chi connectivity index (χ0) is 14.3. The standard InChI is InChI=1S/C17H29NO/c1-6-13-18-16(17(4,8-3)19-5)15-11-9-14(7-2)10-12-15/h9-12,16,18H,6-8,13H2,1-5H3. The van der Waals surface area contributed by atoms with E-state index in [1.54, 1.807) is 0 Å². The molecule has 0 radical (unpaired) electrons. The molecule has 0 aliphatic carbocycles. The van der Waals surface area contributed by atoms with E-state index in [1.807, 2.05) is 7.11 Å². The lowest BCUT2D eigenvalue weighted by molar-refractivity contribution is -0.0299. The summed E-state index contributed by atoms with van der Waals surface area (Å²) in [6.45, 7) is 9.77. The summed E-state index contributed by atoms with van der Waals surface area (Å²) < 4.78 is 5.79. The molecular formula is C17H29NO. The largest absolute Gasteiger partial charge is 0.377 e. The van der Waals surface area contributed by atoms with Gasteiger partial charge in [-0.1, -0.05) is 45.0 Å². The Balaban J connectivity index is 3.00. The van der Waals surface area contributed by atoms with Crippen molar-refractivity contribution < 1.29 is 4.74 Å². The highest BCUT2D eigenvalue weighted by molar-refractivity contribution is 5.27. The Bertz CT molecular complexity index is 354. The molecular weight excluding hydrogens is 234 g/mol. The molecule has 2 atom stereocenters. The van der Waals surface area contributed by atoms with Gasteiger partial charge in [-0.2, -0.15) is 0 Å². The summed E-state index contributed by atoms with van der Waals surface area (Å²) in [6.07, 6.45) is 3.20. The monoisotopic (exact) mass is 263 g/mol. The number of rotatable bonds is 8. The maximum atomic E-state index is 5.79. The first-order chi connectivity index (χ1) is 9.11. The van der Waals surface area contributed by atoms with Gasteiger partial charge < -0.3 is 10.1 Å². The fourth-order valence-electron chi connectivity index (χ4n) is 2.39. The van der Waals surface area contributed by atoms with E-state index in [0.717, 1.165) is 25.8 Å². The molecule has 1 aromatic carbocycles. The summed E-state index contributed by atoms with van der Waals surface area (Å²) in [5, 5.41) is 3.64. The molecule has 0 aliphatic rings. The summed E-state index contributed by atoms with van der Waals surface area (Å²) >= 11 is 0. The summed E-state index contributed by atoms with van der Waals surface area (Å²) in [7, 11) is 1.81.